The van der Waals surface area contributed by atoms with Crippen LogP contribution in [0.3, 0.4) is 0 Å². The number of aliphatic hydroxyl groups is 1. The van der Waals surface area contributed by atoms with Gasteiger partial charge in [-0.2, -0.15) is 13.2 Å². The molecule has 4 aliphatic rings. The van der Waals surface area contributed by atoms with Crippen molar-refractivity contribution >= 4 is 5.97 Å². The normalized spacial score (nSPS) is 43.0. The van der Waals surface area contributed by atoms with Crippen LogP contribution in [0.15, 0.2) is 12.2 Å². The Balaban J connectivity index is 1.33. The highest BCUT2D eigenvalue weighted by atomic mass is 19.4. The minimum Gasteiger partial charge on any atom is -0.465 e. The summed E-state index contributed by atoms with van der Waals surface area (Å²) in [6.45, 7) is 1.20. The van der Waals surface area contributed by atoms with Crippen molar-refractivity contribution in [3.05, 3.63) is 12.2 Å². The zero-order valence-corrected chi connectivity index (χ0v) is 15.0. The van der Waals surface area contributed by atoms with Crippen molar-refractivity contribution in [1.29, 1.82) is 0 Å². The zero-order valence-electron chi connectivity index (χ0n) is 15.0. The summed E-state index contributed by atoms with van der Waals surface area (Å²) in [4.78, 5) is 12.4. The summed E-state index contributed by atoms with van der Waals surface area (Å²) in [6, 6.07) is 0. The Labute approximate surface area is 152 Å². The van der Waals surface area contributed by atoms with Crippen LogP contribution < -0.4 is 0 Å². The van der Waals surface area contributed by atoms with Crippen LogP contribution >= 0.6 is 0 Å². The molecule has 0 aromatic rings. The Hall–Kier alpha value is -1.04. The molecule has 4 aliphatic carbocycles. The number of ether oxygens (including phenoxy) is 1. The summed E-state index contributed by atoms with van der Waals surface area (Å²) in [6.07, 6.45) is 3.94. The monoisotopic (exact) mass is 372 g/mol. The van der Waals surface area contributed by atoms with E-state index in [4.69, 9.17) is 4.74 Å². The quantitative estimate of drug-likeness (QED) is 0.584. The van der Waals surface area contributed by atoms with Gasteiger partial charge in [0.1, 0.15) is 0 Å². The molecular weight excluding hydrogens is 345 g/mol. The molecule has 0 aromatic carbocycles. The molecule has 146 valence electrons. The average molecular weight is 372 g/mol. The van der Waals surface area contributed by atoms with E-state index in [1.54, 1.807) is 0 Å². The van der Waals surface area contributed by atoms with E-state index >= 15 is 0 Å². The van der Waals surface area contributed by atoms with Gasteiger partial charge in [0.15, 0.2) is 5.60 Å². The number of fused-ring (bicyclic) bond motifs is 4. The minimum absolute atomic E-state index is 0.0363. The van der Waals surface area contributed by atoms with E-state index in [1.165, 1.54) is 0 Å². The molecule has 26 heavy (non-hydrogen) atoms. The standard InChI is InChI=1S/C20H27F3O3/c1-19(25,20(21,22)23)9-14-8-13-4-5-15(14)17(13)10-26-18(24)16-7-11-2-3-12(16)6-11/h2-3,11-17,25H,4-10H2,1H3. The lowest BCUT2D eigenvalue weighted by Gasteiger charge is -2.32. The van der Waals surface area contributed by atoms with E-state index in [0.717, 1.165) is 32.6 Å². The van der Waals surface area contributed by atoms with E-state index in [-0.39, 0.29) is 36.1 Å². The first-order valence-corrected chi connectivity index (χ1v) is 9.80. The Morgan fingerprint density at radius 3 is 2.58 bits per heavy atom. The van der Waals surface area contributed by atoms with Crippen LogP contribution in [0.5, 0.6) is 0 Å². The van der Waals surface area contributed by atoms with Crippen LogP contribution in [0.2, 0.25) is 0 Å². The number of carbonyl (C=O) groups is 1. The fourth-order valence-electron chi connectivity index (χ4n) is 6.08. The molecule has 4 bridgehead atoms. The van der Waals surface area contributed by atoms with Crippen molar-refractivity contribution < 1.29 is 27.8 Å². The first-order chi connectivity index (χ1) is 12.2. The molecule has 1 N–H and O–H groups in total. The summed E-state index contributed by atoms with van der Waals surface area (Å²) in [7, 11) is 0. The molecule has 0 heterocycles. The topological polar surface area (TPSA) is 46.5 Å². The van der Waals surface area contributed by atoms with Crippen LogP contribution in [-0.2, 0) is 9.53 Å². The van der Waals surface area contributed by atoms with Crippen LogP contribution in [0.25, 0.3) is 0 Å². The molecule has 3 fully saturated rings. The predicted molar refractivity (Wildman–Crippen MR) is 88.9 cm³/mol. The highest BCUT2D eigenvalue weighted by molar-refractivity contribution is 5.74. The summed E-state index contributed by atoms with van der Waals surface area (Å²) in [5.41, 5.74) is -2.64. The maximum Gasteiger partial charge on any atom is 0.416 e. The third-order valence-electron chi connectivity index (χ3n) is 7.51. The van der Waals surface area contributed by atoms with Crippen LogP contribution in [0.4, 0.5) is 13.2 Å². The summed E-state index contributed by atoms with van der Waals surface area (Å²) < 4.78 is 44.6. The number of alkyl halides is 3. The fourth-order valence-corrected chi connectivity index (χ4v) is 6.08. The molecule has 3 nitrogen and oxygen atoms in total. The molecule has 0 aliphatic heterocycles. The van der Waals surface area contributed by atoms with E-state index in [1.807, 2.05) is 0 Å². The lowest BCUT2D eigenvalue weighted by atomic mass is 9.80. The summed E-state index contributed by atoms with van der Waals surface area (Å²) in [5, 5.41) is 9.83. The van der Waals surface area contributed by atoms with Crippen LogP contribution in [0.1, 0.15) is 45.4 Å². The molecule has 0 saturated heterocycles. The summed E-state index contributed by atoms with van der Waals surface area (Å²) >= 11 is 0. The minimum atomic E-state index is -4.61. The number of esters is 1. The number of halogens is 3. The third kappa shape index (κ3) is 3.08. The molecular formula is C20H27F3O3. The number of rotatable bonds is 5. The van der Waals surface area contributed by atoms with Crippen molar-refractivity contribution in [3.63, 3.8) is 0 Å². The molecule has 8 atom stereocenters. The lowest BCUT2D eigenvalue weighted by molar-refractivity contribution is -0.259. The van der Waals surface area contributed by atoms with Gasteiger partial charge < -0.3 is 9.84 Å². The molecule has 0 aromatic heterocycles. The molecule has 6 heteroatoms. The van der Waals surface area contributed by atoms with E-state index in [9.17, 15) is 23.1 Å². The van der Waals surface area contributed by atoms with Gasteiger partial charge in [0.25, 0.3) is 0 Å². The zero-order chi connectivity index (χ0) is 18.7. The Morgan fingerprint density at radius 1 is 1.19 bits per heavy atom. The van der Waals surface area contributed by atoms with E-state index in [2.05, 4.69) is 12.2 Å². The second-order valence-electron chi connectivity index (χ2n) is 9.15. The molecule has 4 rings (SSSR count). The van der Waals surface area contributed by atoms with Gasteiger partial charge in [0, 0.05) is 0 Å². The van der Waals surface area contributed by atoms with E-state index < -0.39 is 11.8 Å². The largest absolute Gasteiger partial charge is 0.465 e. The Morgan fingerprint density at radius 2 is 1.96 bits per heavy atom. The second kappa shape index (κ2) is 6.25. The number of hydrogen-bond acceptors (Lipinski definition) is 3. The van der Waals surface area contributed by atoms with Gasteiger partial charge >= 0.3 is 12.1 Å². The van der Waals surface area contributed by atoms with Gasteiger partial charge in [-0.3, -0.25) is 4.79 Å². The van der Waals surface area contributed by atoms with Gasteiger partial charge in [0.2, 0.25) is 0 Å². The van der Waals surface area contributed by atoms with Crippen molar-refractivity contribution in [2.24, 2.45) is 41.4 Å². The first kappa shape index (κ1) is 18.3. The maximum absolute atomic E-state index is 13.0. The number of carbonyl (C=O) groups excluding carboxylic acids is 1. The molecule has 0 amide bonds. The average Bonchev–Trinajstić information content (AvgIpc) is 3.31. The Kier molecular flexibility index (Phi) is 4.41. The maximum atomic E-state index is 13.0. The highest BCUT2D eigenvalue weighted by Gasteiger charge is 2.56. The Bertz CT molecular complexity index is 598. The molecule has 0 radical (unpaired) electrons. The second-order valence-corrected chi connectivity index (χ2v) is 9.15. The highest BCUT2D eigenvalue weighted by Crippen LogP contribution is 2.56. The van der Waals surface area contributed by atoms with Gasteiger partial charge in [0.05, 0.1) is 12.5 Å². The third-order valence-corrected chi connectivity index (χ3v) is 7.51. The smallest absolute Gasteiger partial charge is 0.416 e. The van der Waals surface area contributed by atoms with Gasteiger partial charge in [-0.15, -0.1) is 0 Å². The van der Waals surface area contributed by atoms with Crippen molar-refractivity contribution in [2.75, 3.05) is 6.61 Å². The first-order valence-electron chi connectivity index (χ1n) is 9.80. The fraction of sp³-hybridized carbons (Fsp3) is 0.850. The van der Waals surface area contributed by atoms with Crippen molar-refractivity contribution in [3.8, 4) is 0 Å². The summed E-state index contributed by atoms with van der Waals surface area (Å²) in [5.74, 6) is 1.11. The van der Waals surface area contributed by atoms with Crippen LogP contribution in [0, 0.1) is 41.4 Å². The van der Waals surface area contributed by atoms with Crippen molar-refractivity contribution in [1.82, 2.24) is 0 Å². The van der Waals surface area contributed by atoms with Crippen LogP contribution in [-0.4, -0.2) is 29.5 Å². The lowest BCUT2D eigenvalue weighted by Crippen LogP contribution is -2.44. The number of hydrogen-bond donors (Lipinski definition) is 1. The predicted octanol–water partition coefficient (Wildman–Crippen LogP) is 4.11. The van der Waals surface area contributed by atoms with Gasteiger partial charge in [-0.1, -0.05) is 12.2 Å². The van der Waals surface area contributed by atoms with Gasteiger partial charge in [-0.05, 0) is 81.0 Å². The number of allylic oxidation sites excluding steroid dienone is 2. The SMILES string of the molecule is CC(O)(CC1CC2CCC1C2COC(=O)C1CC2C=CC1C2)C(F)(F)F. The van der Waals surface area contributed by atoms with E-state index in [0.29, 0.717) is 30.8 Å². The van der Waals surface area contributed by atoms with Gasteiger partial charge in [-0.25, -0.2) is 0 Å². The van der Waals surface area contributed by atoms with Crippen molar-refractivity contribution in [2.45, 2.75) is 57.2 Å². The molecule has 8 unspecified atom stereocenters. The molecule has 3 saturated carbocycles. The molecule has 0 spiro atoms.